The van der Waals surface area contributed by atoms with Crippen molar-refractivity contribution in [2.45, 2.75) is 35.5 Å². The number of carbonyl (C=O) groups is 1. The lowest BCUT2D eigenvalue weighted by atomic mass is 9.98. The third-order valence-electron chi connectivity index (χ3n) is 5.85. The molecule has 1 amide bonds. The number of hydroxylamine groups is 1. The average molecular weight is 510 g/mol. The van der Waals surface area contributed by atoms with E-state index in [-0.39, 0.29) is 31.0 Å². The van der Waals surface area contributed by atoms with Crippen LogP contribution < -0.4 is 19.7 Å². The van der Waals surface area contributed by atoms with Crippen LogP contribution in [0.3, 0.4) is 0 Å². The number of ether oxygens (including phenoxy) is 5. The van der Waals surface area contributed by atoms with E-state index in [1.165, 1.54) is 17.6 Å². The van der Waals surface area contributed by atoms with Gasteiger partial charge in [0.05, 0.1) is 38.9 Å². The minimum absolute atomic E-state index is 0.0209. The monoisotopic (exact) mass is 509 g/mol. The van der Waals surface area contributed by atoms with Crippen LogP contribution in [-0.4, -0.2) is 64.9 Å². The molecule has 1 aliphatic heterocycles. The summed E-state index contributed by atoms with van der Waals surface area (Å²) in [5.74, 6) is 0.926. The Morgan fingerprint density at radius 2 is 1.63 bits per heavy atom. The molecule has 0 spiro atoms. The van der Waals surface area contributed by atoms with Crippen molar-refractivity contribution in [1.29, 1.82) is 0 Å². The lowest BCUT2D eigenvalue weighted by Gasteiger charge is -2.34. The first-order valence-corrected chi connectivity index (χ1v) is 12.6. The van der Waals surface area contributed by atoms with Gasteiger partial charge in [0.25, 0.3) is 5.91 Å². The fraction of sp³-hybridized carbons (Fsp3) is 0.458. The highest BCUT2D eigenvalue weighted by Crippen LogP contribution is 2.35. The third-order valence-corrected chi connectivity index (χ3v) is 8.36. The standard InChI is InChI=1S/C24H31NO9S/c1-30-20-14-18(15-21(16-20)31-2)17-33-10-3-11-34-19-4-6-22(7-5-19)35(28,29)24(23(26)25-27)8-12-32-13-9-24/h4-7,14-16,27H,3,8-13,17H2,1-2H3,(H,25,26). The molecule has 0 unspecified atom stereocenters. The molecule has 0 radical (unpaired) electrons. The molecule has 0 aliphatic carbocycles. The SMILES string of the molecule is COc1cc(COCCCOc2ccc(S(=O)(=O)C3(C(=O)NO)CCOCC3)cc2)cc(OC)c1. The highest BCUT2D eigenvalue weighted by Gasteiger charge is 2.52. The van der Waals surface area contributed by atoms with E-state index in [4.69, 9.17) is 28.9 Å². The zero-order chi connectivity index (χ0) is 25.3. The number of nitrogens with one attached hydrogen (secondary N) is 1. The molecule has 10 nitrogen and oxygen atoms in total. The molecule has 0 aromatic heterocycles. The van der Waals surface area contributed by atoms with Crippen LogP contribution in [0, 0.1) is 0 Å². The summed E-state index contributed by atoms with van der Waals surface area (Å²) in [6.07, 6.45) is 0.548. The maximum atomic E-state index is 13.3. The largest absolute Gasteiger partial charge is 0.497 e. The maximum Gasteiger partial charge on any atom is 0.265 e. The van der Waals surface area contributed by atoms with Crippen LogP contribution in [0.2, 0.25) is 0 Å². The Hall–Kier alpha value is -2.86. The molecule has 1 heterocycles. The summed E-state index contributed by atoms with van der Waals surface area (Å²) < 4.78 is 51.8. The van der Waals surface area contributed by atoms with Gasteiger partial charge in [-0.1, -0.05) is 0 Å². The molecule has 0 bridgehead atoms. The van der Waals surface area contributed by atoms with E-state index in [2.05, 4.69) is 0 Å². The van der Waals surface area contributed by atoms with E-state index in [1.807, 2.05) is 12.1 Å². The van der Waals surface area contributed by atoms with Crippen molar-refractivity contribution in [2.75, 3.05) is 40.6 Å². The van der Waals surface area contributed by atoms with Gasteiger partial charge in [-0.05, 0) is 54.8 Å². The molecule has 1 fully saturated rings. The number of methoxy groups -OCH3 is 2. The van der Waals surface area contributed by atoms with Gasteiger partial charge in [0.1, 0.15) is 17.2 Å². The fourth-order valence-electron chi connectivity index (χ4n) is 3.85. The van der Waals surface area contributed by atoms with Crippen molar-refractivity contribution < 1.29 is 42.1 Å². The summed E-state index contributed by atoms with van der Waals surface area (Å²) >= 11 is 0. The number of rotatable bonds is 12. The molecule has 2 aromatic rings. The second-order valence-electron chi connectivity index (χ2n) is 8.00. The van der Waals surface area contributed by atoms with Crippen LogP contribution in [0.25, 0.3) is 0 Å². The van der Waals surface area contributed by atoms with Crippen molar-refractivity contribution in [3.05, 3.63) is 48.0 Å². The Morgan fingerprint density at radius 3 is 2.20 bits per heavy atom. The van der Waals surface area contributed by atoms with E-state index in [0.717, 1.165) is 5.56 Å². The number of hydrogen-bond donors (Lipinski definition) is 2. The van der Waals surface area contributed by atoms with Gasteiger partial charge >= 0.3 is 0 Å². The normalized spacial score (nSPS) is 15.3. The van der Waals surface area contributed by atoms with E-state index in [1.54, 1.807) is 32.4 Å². The first kappa shape index (κ1) is 26.7. The van der Waals surface area contributed by atoms with E-state index in [0.29, 0.717) is 43.5 Å². The Labute approximate surface area is 205 Å². The predicted molar refractivity (Wildman–Crippen MR) is 126 cm³/mol. The third kappa shape index (κ3) is 6.23. The van der Waals surface area contributed by atoms with Crippen LogP contribution in [0.5, 0.6) is 17.2 Å². The number of benzene rings is 2. The second kappa shape index (κ2) is 12.2. The molecule has 35 heavy (non-hydrogen) atoms. The minimum Gasteiger partial charge on any atom is -0.497 e. The van der Waals surface area contributed by atoms with Crippen LogP contribution >= 0.6 is 0 Å². The smallest absolute Gasteiger partial charge is 0.265 e. The summed E-state index contributed by atoms with van der Waals surface area (Å²) in [6.45, 7) is 1.46. The van der Waals surface area contributed by atoms with E-state index in [9.17, 15) is 13.2 Å². The molecular formula is C24H31NO9S. The molecule has 2 N–H and O–H groups in total. The molecule has 3 rings (SSSR count). The van der Waals surface area contributed by atoms with Gasteiger partial charge in [0.2, 0.25) is 0 Å². The number of sulfone groups is 1. The average Bonchev–Trinajstić information content (AvgIpc) is 2.90. The zero-order valence-corrected chi connectivity index (χ0v) is 20.6. The highest BCUT2D eigenvalue weighted by atomic mass is 32.2. The summed E-state index contributed by atoms with van der Waals surface area (Å²) in [4.78, 5) is 12.3. The van der Waals surface area contributed by atoms with Gasteiger partial charge in [-0.15, -0.1) is 0 Å². The molecule has 1 aliphatic rings. The summed E-state index contributed by atoms with van der Waals surface area (Å²) in [5, 5.41) is 9.13. The Bertz CT molecular complexity index is 1060. The highest BCUT2D eigenvalue weighted by molar-refractivity contribution is 7.93. The predicted octanol–water partition coefficient (Wildman–Crippen LogP) is 2.52. The lowest BCUT2D eigenvalue weighted by Crippen LogP contribution is -2.54. The van der Waals surface area contributed by atoms with Crippen LogP contribution in [0.1, 0.15) is 24.8 Å². The van der Waals surface area contributed by atoms with Crippen molar-refractivity contribution in [3.63, 3.8) is 0 Å². The van der Waals surface area contributed by atoms with Gasteiger partial charge in [-0.2, -0.15) is 0 Å². The van der Waals surface area contributed by atoms with Gasteiger partial charge < -0.3 is 23.7 Å². The number of hydrogen-bond acceptors (Lipinski definition) is 9. The lowest BCUT2D eigenvalue weighted by molar-refractivity contribution is -0.134. The molecule has 192 valence electrons. The number of amides is 1. The first-order chi connectivity index (χ1) is 16.9. The molecule has 0 atom stereocenters. The van der Waals surface area contributed by atoms with E-state index >= 15 is 0 Å². The van der Waals surface area contributed by atoms with Crippen molar-refractivity contribution >= 4 is 15.7 Å². The zero-order valence-electron chi connectivity index (χ0n) is 19.8. The first-order valence-electron chi connectivity index (χ1n) is 11.2. The second-order valence-corrected chi connectivity index (χ2v) is 10.3. The molecule has 2 aromatic carbocycles. The van der Waals surface area contributed by atoms with Crippen molar-refractivity contribution in [1.82, 2.24) is 5.48 Å². The van der Waals surface area contributed by atoms with Gasteiger partial charge in [-0.25, -0.2) is 13.9 Å². The maximum absolute atomic E-state index is 13.3. The summed E-state index contributed by atoms with van der Waals surface area (Å²) in [7, 11) is -0.885. The molecule has 1 saturated heterocycles. The fourth-order valence-corrected chi connectivity index (χ4v) is 5.79. The van der Waals surface area contributed by atoms with Crippen molar-refractivity contribution in [3.8, 4) is 17.2 Å². The quantitative estimate of drug-likeness (QED) is 0.252. The van der Waals surface area contributed by atoms with Crippen LogP contribution in [0.4, 0.5) is 0 Å². The van der Waals surface area contributed by atoms with Crippen LogP contribution in [-0.2, 0) is 30.7 Å². The summed E-state index contributed by atoms with van der Waals surface area (Å²) in [6, 6.07) is 11.4. The topological polar surface area (TPSA) is 130 Å². The van der Waals surface area contributed by atoms with Gasteiger partial charge in [-0.3, -0.25) is 10.0 Å². The molecule has 11 heteroatoms. The van der Waals surface area contributed by atoms with Gasteiger partial charge in [0, 0.05) is 25.7 Å². The Kier molecular flexibility index (Phi) is 9.33. The number of carbonyl (C=O) groups excluding carboxylic acids is 1. The Morgan fingerprint density at radius 1 is 1.00 bits per heavy atom. The van der Waals surface area contributed by atoms with Crippen molar-refractivity contribution in [2.24, 2.45) is 0 Å². The molecular weight excluding hydrogens is 478 g/mol. The van der Waals surface area contributed by atoms with E-state index < -0.39 is 20.5 Å². The minimum atomic E-state index is -4.07. The Balaban J connectivity index is 1.50. The summed E-state index contributed by atoms with van der Waals surface area (Å²) in [5.41, 5.74) is 2.43. The van der Waals surface area contributed by atoms with Crippen LogP contribution in [0.15, 0.2) is 47.4 Å². The van der Waals surface area contributed by atoms with Gasteiger partial charge in [0.15, 0.2) is 14.6 Å². The molecule has 0 saturated carbocycles.